The van der Waals surface area contributed by atoms with Gasteiger partial charge in [-0.05, 0) is 38.0 Å². The first-order valence-electron chi connectivity index (χ1n) is 6.75. The van der Waals surface area contributed by atoms with Gasteiger partial charge in [-0.25, -0.2) is 4.98 Å². The maximum atomic E-state index is 6.12. The summed E-state index contributed by atoms with van der Waals surface area (Å²) in [5.41, 5.74) is 2.21. The van der Waals surface area contributed by atoms with E-state index in [4.69, 9.17) is 16.6 Å². The van der Waals surface area contributed by atoms with Gasteiger partial charge in [0.1, 0.15) is 5.82 Å². The Hall–Kier alpha value is -1.02. The normalized spacial score (nSPS) is 14.9. The molecule has 0 bridgehead atoms. The van der Waals surface area contributed by atoms with Gasteiger partial charge in [-0.3, -0.25) is 0 Å². The second-order valence-electron chi connectivity index (χ2n) is 5.04. The molecule has 2 atom stereocenters. The van der Waals surface area contributed by atoms with Crippen LogP contribution in [-0.4, -0.2) is 9.55 Å². The Labute approximate surface area is 114 Å². The molecular weight excluding hydrogens is 244 g/mol. The fraction of sp³-hybridized carbons (Fsp3) is 0.533. The second kappa shape index (κ2) is 5.31. The molecule has 2 rings (SSSR count). The van der Waals surface area contributed by atoms with Crippen LogP contribution in [0.3, 0.4) is 0 Å². The molecule has 0 aliphatic carbocycles. The summed E-state index contributed by atoms with van der Waals surface area (Å²) in [4.78, 5) is 4.80. The zero-order chi connectivity index (χ0) is 13.3. The van der Waals surface area contributed by atoms with Crippen molar-refractivity contribution >= 4 is 22.6 Å². The van der Waals surface area contributed by atoms with Gasteiger partial charge in [0, 0.05) is 17.0 Å². The predicted molar refractivity (Wildman–Crippen MR) is 78.5 cm³/mol. The summed E-state index contributed by atoms with van der Waals surface area (Å²) in [6, 6.07) is 6.42. The lowest BCUT2D eigenvalue weighted by molar-refractivity contribution is 0.499. The zero-order valence-corrected chi connectivity index (χ0v) is 12.3. The van der Waals surface area contributed by atoms with Gasteiger partial charge in [0.2, 0.25) is 0 Å². The van der Waals surface area contributed by atoms with E-state index in [2.05, 4.69) is 32.3 Å². The Morgan fingerprint density at radius 3 is 2.56 bits per heavy atom. The molecule has 1 heterocycles. The van der Waals surface area contributed by atoms with Crippen molar-refractivity contribution in [2.75, 3.05) is 0 Å². The fourth-order valence-electron chi connectivity index (χ4n) is 2.26. The maximum absolute atomic E-state index is 6.12. The summed E-state index contributed by atoms with van der Waals surface area (Å²) in [6.07, 6.45) is 2.20. The van der Waals surface area contributed by atoms with Crippen molar-refractivity contribution in [3.63, 3.8) is 0 Å². The molecule has 0 fully saturated rings. The zero-order valence-electron chi connectivity index (χ0n) is 11.6. The molecule has 98 valence electrons. The lowest BCUT2D eigenvalue weighted by Gasteiger charge is -2.18. The van der Waals surface area contributed by atoms with E-state index in [1.807, 2.05) is 18.2 Å². The third-order valence-corrected chi connectivity index (χ3v) is 4.00. The molecule has 1 aromatic carbocycles. The molecule has 2 aromatic rings. The van der Waals surface area contributed by atoms with Crippen molar-refractivity contribution in [3.05, 3.63) is 29.0 Å². The number of fused-ring (bicyclic) bond motifs is 1. The molecule has 0 aliphatic rings. The maximum Gasteiger partial charge on any atom is 0.112 e. The first-order valence-corrected chi connectivity index (χ1v) is 7.13. The van der Waals surface area contributed by atoms with Crippen molar-refractivity contribution in [2.24, 2.45) is 0 Å². The van der Waals surface area contributed by atoms with Crippen LogP contribution < -0.4 is 0 Å². The number of benzene rings is 1. The number of nitrogens with zero attached hydrogens (tertiary/aromatic N) is 2. The van der Waals surface area contributed by atoms with E-state index in [1.54, 1.807) is 0 Å². The highest BCUT2D eigenvalue weighted by atomic mass is 35.5. The van der Waals surface area contributed by atoms with Gasteiger partial charge >= 0.3 is 0 Å². The number of rotatable bonds is 4. The van der Waals surface area contributed by atoms with Crippen LogP contribution >= 0.6 is 11.6 Å². The van der Waals surface area contributed by atoms with Crippen LogP contribution in [0.2, 0.25) is 5.02 Å². The lowest BCUT2D eigenvalue weighted by atomic mass is 10.1. The smallest absolute Gasteiger partial charge is 0.112 e. The summed E-state index contributed by atoms with van der Waals surface area (Å²) in [5, 5.41) is 0.780. The lowest BCUT2D eigenvalue weighted by Crippen LogP contribution is -2.10. The van der Waals surface area contributed by atoms with Crippen LogP contribution in [0, 0.1) is 0 Å². The molecule has 0 N–H and O–H groups in total. The molecule has 0 saturated carbocycles. The first-order chi connectivity index (χ1) is 8.58. The highest BCUT2D eigenvalue weighted by molar-refractivity contribution is 6.31. The molecular formula is C15H21ClN2. The highest BCUT2D eigenvalue weighted by Crippen LogP contribution is 2.30. The Kier molecular flexibility index (Phi) is 3.96. The van der Waals surface area contributed by atoms with E-state index in [1.165, 1.54) is 5.82 Å². The summed E-state index contributed by atoms with van der Waals surface area (Å²) in [6.45, 7) is 8.90. The molecule has 0 aliphatic heterocycles. The van der Waals surface area contributed by atoms with Gasteiger partial charge in [-0.15, -0.1) is 0 Å². The predicted octanol–water partition coefficient (Wildman–Crippen LogP) is 5.17. The van der Waals surface area contributed by atoms with Crippen LogP contribution in [-0.2, 0) is 0 Å². The van der Waals surface area contributed by atoms with Crippen molar-refractivity contribution in [3.8, 4) is 0 Å². The van der Waals surface area contributed by atoms with Crippen LogP contribution in [0.1, 0.15) is 58.3 Å². The van der Waals surface area contributed by atoms with Gasteiger partial charge in [0.15, 0.2) is 0 Å². The van der Waals surface area contributed by atoms with Crippen molar-refractivity contribution < 1.29 is 0 Å². The van der Waals surface area contributed by atoms with Crippen LogP contribution in [0.5, 0.6) is 0 Å². The molecule has 18 heavy (non-hydrogen) atoms. The third kappa shape index (κ3) is 2.26. The Morgan fingerprint density at radius 2 is 1.94 bits per heavy atom. The molecule has 1 aromatic heterocycles. The Morgan fingerprint density at radius 1 is 1.22 bits per heavy atom. The van der Waals surface area contributed by atoms with E-state index in [0.29, 0.717) is 12.0 Å². The minimum atomic E-state index is 0.456. The Balaban J connectivity index is 2.69. The van der Waals surface area contributed by atoms with Gasteiger partial charge in [0.25, 0.3) is 0 Å². The molecule has 2 nitrogen and oxygen atoms in total. The Bertz CT molecular complexity index is 545. The average molecular weight is 265 g/mol. The topological polar surface area (TPSA) is 17.8 Å². The van der Waals surface area contributed by atoms with Gasteiger partial charge in [0.05, 0.1) is 11.0 Å². The number of hydrogen-bond donors (Lipinski definition) is 0. The molecule has 2 unspecified atom stereocenters. The molecule has 3 heteroatoms. The quantitative estimate of drug-likeness (QED) is 0.744. The number of imidazole rings is 1. The van der Waals surface area contributed by atoms with Gasteiger partial charge < -0.3 is 4.57 Å². The van der Waals surface area contributed by atoms with Gasteiger partial charge in [-0.2, -0.15) is 0 Å². The largest absolute Gasteiger partial charge is 0.325 e. The molecule has 0 radical (unpaired) electrons. The summed E-state index contributed by atoms with van der Waals surface area (Å²) in [7, 11) is 0. The standard InChI is InChI=1S/C15H21ClN2/c1-5-10(3)15-17-13-8-7-12(16)9-14(13)18(15)11(4)6-2/h7-11H,5-6H2,1-4H3. The monoisotopic (exact) mass is 264 g/mol. The van der Waals surface area contributed by atoms with E-state index in [0.717, 1.165) is 28.9 Å². The third-order valence-electron chi connectivity index (χ3n) is 3.76. The van der Waals surface area contributed by atoms with E-state index in [-0.39, 0.29) is 0 Å². The van der Waals surface area contributed by atoms with Crippen molar-refractivity contribution in [1.29, 1.82) is 0 Å². The molecule has 0 amide bonds. The van der Waals surface area contributed by atoms with Crippen molar-refractivity contribution in [1.82, 2.24) is 9.55 Å². The number of aromatic nitrogens is 2. The first kappa shape index (κ1) is 13.4. The van der Waals surface area contributed by atoms with Crippen LogP contribution in [0.15, 0.2) is 18.2 Å². The highest BCUT2D eigenvalue weighted by Gasteiger charge is 2.18. The minimum Gasteiger partial charge on any atom is -0.325 e. The van der Waals surface area contributed by atoms with Crippen LogP contribution in [0.4, 0.5) is 0 Å². The molecule has 0 saturated heterocycles. The summed E-state index contributed by atoms with van der Waals surface area (Å²) >= 11 is 6.12. The van der Waals surface area contributed by atoms with Crippen LogP contribution in [0.25, 0.3) is 11.0 Å². The van der Waals surface area contributed by atoms with Crippen molar-refractivity contribution in [2.45, 2.75) is 52.5 Å². The fourth-order valence-corrected chi connectivity index (χ4v) is 2.43. The van der Waals surface area contributed by atoms with E-state index >= 15 is 0 Å². The number of hydrogen-bond acceptors (Lipinski definition) is 1. The summed E-state index contributed by atoms with van der Waals surface area (Å²) in [5.74, 6) is 1.66. The second-order valence-corrected chi connectivity index (χ2v) is 5.48. The molecule has 0 spiro atoms. The SMILES string of the molecule is CCC(C)c1nc2ccc(Cl)cc2n1C(C)CC. The van der Waals surface area contributed by atoms with Gasteiger partial charge in [-0.1, -0.05) is 32.4 Å². The minimum absolute atomic E-state index is 0.456. The van der Waals surface area contributed by atoms with E-state index < -0.39 is 0 Å². The number of halogens is 1. The summed E-state index contributed by atoms with van der Waals surface area (Å²) < 4.78 is 2.36. The average Bonchev–Trinajstić information content (AvgIpc) is 2.75. The van der Waals surface area contributed by atoms with E-state index in [9.17, 15) is 0 Å².